The first-order valence-electron chi connectivity index (χ1n) is 8.32. The number of ether oxygens (including phenoxy) is 2. The van der Waals surface area contributed by atoms with Gasteiger partial charge in [-0.2, -0.15) is 0 Å². The van der Waals surface area contributed by atoms with E-state index in [2.05, 4.69) is 5.32 Å². The van der Waals surface area contributed by atoms with Crippen molar-refractivity contribution in [3.8, 4) is 11.5 Å². The van der Waals surface area contributed by atoms with Gasteiger partial charge in [0.15, 0.2) is 11.5 Å². The van der Waals surface area contributed by atoms with Crippen LogP contribution in [0.4, 0.5) is 4.79 Å². The maximum atomic E-state index is 12.2. The number of aliphatic carboxylic acids is 1. The Balaban J connectivity index is 1.96. The molecule has 1 aliphatic heterocycles. The molecule has 7 heteroatoms. The lowest BCUT2D eigenvalue weighted by Crippen LogP contribution is -2.45. The Morgan fingerprint density at radius 1 is 1.28 bits per heavy atom. The van der Waals surface area contributed by atoms with Crippen LogP contribution in [-0.4, -0.2) is 55.4 Å². The van der Waals surface area contributed by atoms with Crippen molar-refractivity contribution in [2.75, 3.05) is 33.4 Å². The van der Waals surface area contributed by atoms with Crippen LogP contribution < -0.4 is 14.8 Å². The minimum Gasteiger partial charge on any atom is -0.486 e. The minimum atomic E-state index is -0.920. The van der Waals surface area contributed by atoms with Crippen LogP contribution in [0.1, 0.15) is 26.3 Å². The summed E-state index contributed by atoms with van der Waals surface area (Å²) in [6, 6.07) is 5.50. The monoisotopic (exact) mass is 350 g/mol. The zero-order chi connectivity index (χ0) is 18.6. The molecule has 7 nitrogen and oxygen atoms in total. The van der Waals surface area contributed by atoms with Crippen molar-refractivity contribution in [3.05, 3.63) is 23.8 Å². The Morgan fingerprint density at radius 2 is 1.92 bits per heavy atom. The molecule has 1 unspecified atom stereocenters. The first-order chi connectivity index (χ1) is 11.7. The quantitative estimate of drug-likeness (QED) is 0.820. The summed E-state index contributed by atoms with van der Waals surface area (Å²) in [7, 11) is 1.59. The number of carbonyl (C=O) groups excluding carboxylic acids is 1. The van der Waals surface area contributed by atoms with E-state index in [9.17, 15) is 9.59 Å². The third-order valence-electron chi connectivity index (χ3n) is 4.32. The second kappa shape index (κ2) is 7.63. The fourth-order valence-electron chi connectivity index (χ4n) is 2.57. The number of nitrogens with one attached hydrogen (secondary N) is 1. The van der Waals surface area contributed by atoms with Crippen LogP contribution in [-0.2, 0) is 10.2 Å². The maximum absolute atomic E-state index is 12.2. The molecule has 25 heavy (non-hydrogen) atoms. The Labute approximate surface area is 147 Å². The lowest BCUT2D eigenvalue weighted by molar-refractivity contribution is -0.141. The van der Waals surface area contributed by atoms with E-state index in [1.165, 1.54) is 4.90 Å². The molecule has 1 aliphatic rings. The number of hydrogen-bond donors (Lipinski definition) is 2. The highest BCUT2D eigenvalue weighted by atomic mass is 16.6. The molecule has 1 atom stereocenters. The van der Waals surface area contributed by atoms with Crippen LogP contribution in [0.3, 0.4) is 0 Å². The van der Waals surface area contributed by atoms with E-state index in [0.29, 0.717) is 19.8 Å². The molecule has 0 bridgehead atoms. The van der Waals surface area contributed by atoms with Gasteiger partial charge in [0, 0.05) is 25.6 Å². The van der Waals surface area contributed by atoms with E-state index < -0.39 is 11.9 Å². The summed E-state index contributed by atoms with van der Waals surface area (Å²) in [5.41, 5.74) is 0.712. The number of nitrogens with zero attached hydrogens (tertiary/aromatic N) is 1. The van der Waals surface area contributed by atoms with Gasteiger partial charge in [-0.25, -0.2) is 4.79 Å². The Hall–Kier alpha value is -2.44. The predicted molar refractivity (Wildman–Crippen MR) is 93.3 cm³/mol. The van der Waals surface area contributed by atoms with Gasteiger partial charge < -0.3 is 24.8 Å². The topological polar surface area (TPSA) is 88.1 Å². The first kappa shape index (κ1) is 18.9. The second-order valence-corrected chi connectivity index (χ2v) is 7.02. The molecule has 1 heterocycles. The number of fused-ring (bicyclic) bond motifs is 1. The fourth-order valence-corrected chi connectivity index (χ4v) is 2.57. The number of amides is 2. The van der Waals surface area contributed by atoms with E-state index in [-0.39, 0.29) is 18.0 Å². The van der Waals surface area contributed by atoms with E-state index >= 15 is 0 Å². The summed E-state index contributed by atoms with van der Waals surface area (Å²) >= 11 is 0. The first-order valence-corrected chi connectivity index (χ1v) is 8.32. The highest BCUT2D eigenvalue weighted by Crippen LogP contribution is 2.34. The van der Waals surface area contributed by atoms with Crippen molar-refractivity contribution >= 4 is 12.0 Å². The van der Waals surface area contributed by atoms with Gasteiger partial charge >= 0.3 is 12.0 Å². The van der Waals surface area contributed by atoms with Crippen LogP contribution in [0, 0.1) is 5.92 Å². The standard InChI is InChI=1S/C18H26N2O5/c1-12(16(21)22)10-20(4)17(23)19-11-18(2,3)13-5-6-14-15(9-13)25-8-7-24-14/h5-6,9,12H,7-8,10-11H2,1-4H3,(H,19,23)(H,21,22). The van der Waals surface area contributed by atoms with Crippen molar-refractivity contribution < 1.29 is 24.2 Å². The molecule has 0 aromatic heterocycles. The fraction of sp³-hybridized carbons (Fsp3) is 0.556. The van der Waals surface area contributed by atoms with Crippen LogP contribution in [0.5, 0.6) is 11.5 Å². The van der Waals surface area contributed by atoms with Crippen molar-refractivity contribution in [1.29, 1.82) is 0 Å². The van der Waals surface area contributed by atoms with Crippen LogP contribution in [0.25, 0.3) is 0 Å². The van der Waals surface area contributed by atoms with Gasteiger partial charge in [0.25, 0.3) is 0 Å². The third-order valence-corrected chi connectivity index (χ3v) is 4.32. The molecule has 0 spiro atoms. The summed E-state index contributed by atoms with van der Waals surface area (Å²) < 4.78 is 11.1. The summed E-state index contributed by atoms with van der Waals surface area (Å²) in [5, 5.41) is 11.8. The Morgan fingerprint density at radius 3 is 2.56 bits per heavy atom. The molecule has 2 amide bonds. The van der Waals surface area contributed by atoms with Crippen molar-refractivity contribution in [2.24, 2.45) is 5.92 Å². The van der Waals surface area contributed by atoms with E-state index in [1.807, 2.05) is 32.0 Å². The number of benzene rings is 1. The average molecular weight is 350 g/mol. The lowest BCUT2D eigenvalue weighted by atomic mass is 9.84. The summed E-state index contributed by atoms with van der Waals surface area (Å²) in [6.07, 6.45) is 0. The molecule has 2 N–H and O–H groups in total. The molecular formula is C18H26N2O5. The number of carboxylic acid groups (broad SMARTS) is 1. The van der Waals surface area contributed by atoms with Gasteiger partial charge in [-0.1, -0.05) is 26.8 Å². The molecular weight excluding hydrogens is 324 g/mol. The van der Waals surface area contributed by atoms with E-state index in [4.69, 9.17) is 14.6 Å². The number of urea groups is 1. The molecule has 1 aromatic rings. The Bertz CT molecular complexity index is 644. The maximum Gasteiger partial charge on any atom is 0.317 e. The summed E-state index contributed by atoms with van der Waals surface area (Å²) in [5.74, 6) is -0.0782. The molecule has 138 valence electrons. The smallest absolute Gasteiger partial charge is 0.317 e. The highest BCUT2D eigenvalue weighted by molar-refractivity contribution is 5.75. The highest BCUT2D eigenvalue weighted by Gasteiger charge is 2.25. The number of hydrogen-bond acceptors (Lipinski definition) is 4. The number of carboxylic acids is 1. The van der Waals surface area contributed by atoms with Crippen LogP contribution >= 0.6 is 0 Å². The lowest BCUT2D eigenvalue weighted by Gasteiger charge is -2.29. The van der Waals surface area contributed by atoms with E-state index in [0.717, 1.165) is 17.1 Å². The van der Waals surface area contributed by atoms with Crippen molar-refractivity contribution in [2.45, 2.75) is 26.2 Å². The molecule has 0 radical (unpaired) electrons. The van der Waals surface area contributed by atoms with Gasteiger partial charge in [-0.05, 0) is 17.7 Å². The average Bonchev–Trinajstić information content (AvgIpc) is 2.59. The predicted octanol–water partition coefficient (Wildman–Crippen LogP) is 2.10. The van der Waals surface area contributed by atoms with Crippen molar-refractivity contribution in [3.63, 3.8) is 0 Å². The van der Waals surface area contributed by atoms with Gasteiger partial charge in [-0.15, -0.1) is 0 Å². The normalized spacial score (nSPS) is 14.6. The zero-order valence-electron chi connectivity index (χ0n) is 15.2. The molecule has 0 saturated carbocycles. The molecule has 2 rings (SSSR count). The Kier molecular flexibility index (Phi) is 5.77. The zero-order valence-corrected chi connectivity index (χ0v) is 15.2. The van der Waals surface area contributed by atoms with E-state index in [1.54, 1.807) is 14.0 Å². The van der Waals surface area contributed by atoms with Crippen molar-refractivity contribution in [1.82, 2.24) is 10.2 Å². The largest absolute Gasteiger partial charge is 0.486 e. The van der Waals surface area contributed by atoms with Gasteiger partial charge in [-0.3, -0.25) is 4.79 Å². The molecule has 0 fully saturated rings. The third kappa shape index (κ3) is 4.78. The minimum absolute atomic E-state index is 0.158. The number of carbonyl (C=O) groups is 2. The van der Waals surface area contributed by atoms with Crippen LogP contribution in [0.15, 0.2) is 18.2 Å². The SMILES string of the molecule is CC(CN(C)C(=O)NCC(C)(C)c1ccc2c(c1)OCCO2)C(=O)O. The van der Waals surface area contributed by atoms with Gasteiger partial charge in [0.2, 0.25) is 0 Å². The molecule has 0 aliphatic carbocycles. The summed E-state index contributed by atoms with van der Waals surface area (Å²) in [6.45, 7) is 7.28. The second-order valence-electron chi connectivity index (χ2n) is 7.02. The summed E-state index contributed by atoms with van der Waals surface area (Å²) in [4.78, 5) is 24.5. The number of rotatable bonds is 6. The molecule has 0 saturated heterocycles. The van der Waals surface area contributed by atoms with Gasteiger partial charge in [0.05, 0.1) is 5.92 Å². The van der Waals surface area contributed by atoms with Gasteiger partial charge in [0.1, 0.15) is 13.2 Å². The molecule has 1 aromatic carbocycles. The van der Waals surface area contributed by atoms with Crippen LogP contribution in [0.2, 0.25) is 0 Å².